The Morgan fingerprint density at radius 3 is 2.30 bits per heavy atom. The molecule has 7 nitrogen and oxygen atoms in total. The predicted molar refractivity (Wildman–Crippen MR) is 176 cm³/mol. The molecule has 1 aliphatic carbocycles. The van der Waals surface area contributed by atoms with E-state index in [9.17, 15) is 4.79 Å². The molecule has 1 aromatic heterocycles. The third-order valence-corrected chi connectivity index (χ3v) is 6.64. The number of aromatic nitrogens is 1. The largest absolute Gasteiger partial charge is 0.502 e. The quantitative estimate of drug-likeness (QED) is 0.0805. The van der Waals surface area contributed by atoms with E-state index in [-0.39, 0.29) is 5.97 Å². The van der Waals surface area contributed by atoms with Gasteiger partial charge in [0.2, 0.25) is 0 Å². The van der Waals surface area contributed by atoms with Crippen LogP contribution in [0.25, 0.3) is 22.0 Å². The minimum absolute atomic E-state index is 0.319. The van der Waals surface area contributed by atoms with Crippen molar-refractivity contribution < 1.29 is 28.5 Å². The highest BCUT2D eigenvalue weighted by Crippen LogP contribution is 2.39. The Morgan fingerprint density at radius 1 is 1.00 bits per heavy atom. The van der Waals surface area contributed by atoms with Gasteiger partial charge in [0.05, 0.1) is 32.7 Å². The number of carbonyl (C=O) groups excluding carboxylic acids is 1. The molecule has 0 atom stereocenters. The van der Waals surface area contributed by atoms with Crippen molar-refractivity contribution in [2.24, 2.45) is 5.92 Å². The van der Waals surface area contributed by atoms with Crippen molar-refractivity contribution in [3.05, 3.63) is 72.6 Å². The molecule has 0 radical (unpaired) electrons. The van der Waals surface area contributed by atoms with Gasteiger partial charge in [-0.2, -0.15) is 0 Å². The fourth-order valence-corrected chi connectivity index (χ4v) is 4.43. The number of carbonyl (C=O) groups is 1. The number of benzene rings is 2. The summed E-state index contributed by atoms with van der Waals surface area (Å²) >= 11 is 0. The van der Waals surface area contributed by atoms with Gasteiger partial charge in [-0.05, 0) is 102 Å². The zero-order valence-electron chi connectivity index (χ0n) is 27.2. The molecule has 0 aliphatic heterocycles. The van der Waals surface area contributed by atoms with Crippen molar-refractivity contribution in [3.63, 3.8) is 0 Å². The summed E-state index contributed by atoms with van der Waals surface area (Å²) in [5, 5.41) is 0.952. The van der Waals surface area contributed by atoms with Gasteiger partial charge in [0.15, 0.2) is 0 Å². The minimum Gasteiger partial charge on any atom is -0.502 e. The lowest BCUT2D eigenvalue weighted by Crippen LogP contribution is -2.12. The third-order valence-electron chi connectivity index (χ3n) is 6.64. The first-order valence-corrected chi connectivity index (χ1v) is 15.4. The molecule has 1 fully saturated rings. The molecule has 0 saturated heterocycles. The van der Waals surface area contributed by atoms with Crippen molar-refractivity contribution in [2.75, 3.05) is 40.1 Å². The fourth-order valence-electron chi connectivity index (χ4n) is 4.43. The SMILES string of the molecule is C=CC.CC/C=C(\C)OC.CCOCCOc1ccc2c(c1)c(-c1cccc(OCC3CC3)c1)c(C(=O)OCC)n2CC. The van der Waals surface area contributed by atoms with Crippen LogP contribution in [-0.2, 0) is 20.8 Å². The second kappa shape index (κ2) is 19.5. The Morgan fingerprint density at radius 2 is 1.72 bits per heavy atom. The lowest BCUT2D eigenvalue weighted by atomic mass is 10.0. The maximum Gasteiger partial charge on any atom is 0.355 e. The first kappa shape index (κ1) is 35.5. The van der Waals surface area contributed by atoms with Crippen molar-refractivity contribution in [2.45, 2.75) is 67.3 Å². The maximum atomic E-state index is 13.1. The van der Waals surface area contributed by atoms with Gasteiger partial charge >= 0.3 is 5.97 Å². The second-order valence-corrected chi connectivity index (χ2v) is 10.0. The van der Waals surface area contributed by atoms with E-state index >= 15 is 0 Å². The molecular formula is C36H51NO6. The fraction of sp³-hybridized carbons (Fsp3) is 0.472. The van der Waals surface area contributed by atoms with Gasteiger partial charge in [-0.3, -0.25) is 0 Å². The van der Waals surface area contributed by atoms with Gasteiger partial charge in [-0.15, -0.1) is 6.58 Å². The lowest BCUT2D eigenvalue weighted by molar-refractivity contribution is 0.0515. The number of allylic oxidation sites excluding steroid dienone is 3. The molecule has 0 bridgehead atoms. The first-order valence-electron chi connectivity index (χ1n) is 15.4. The van der Waals surface area contributed by atoms with E-state index in [2.05, 4.69) is 13.5 Å². The summed E-state index contributed by atoms with van der Waals surface area (Å²) in [7, 11) is 1.68. The zero-order chi connectivity index (χ0) is 31.6. The molecule has 0 spiro atoms. The lowest BCUT2D eigenvalue weighted by Gasteiger charge is -2.11. The standard InChI is InChI=1S/C27H33NO5.C6H12O.C3H6/c1-4-28-24-13-12-22(32-15-14-30-5-2)17-23(24)25(26(28)27(29)31-6-3)20-8-7-9-21(16-20)33-18-19-10-11-19;1-4-5-6(2)7-3;1-3-2/h7-9,12-13,16-17,19H,4-6,10-11,14-15,18H2,1-3H3;5H,4H2,1-3H3;3H,1H2,2H3/b;6-5+;. The highest BCUT2D eigenvalue weighted by Gasteiger charge is 2.26. The highest BCUT2D eigenvalue weighted by molar-refractivity contribution is 6.09. The van der Waals surface area contributed by atoms with Crippen molar-refractivity contribution in [3.8, 4) is 22.6 Å². The number of rotatable bonds is 14. The number of fused-ring (bicyclic) bond motifs is 1. The van der Waals surface area contributed by atoms with Crippen molar-refractivity contribution in [1.82, 2.24) is 4.57 Å². The smallest absolute Gasteiger partial charge is 0.355 e. The molecule has 236 valence electrons. The summed E-state index contributed by atoms with van der Waals surface area (Å²) in [5.41, 5.74) is 3.30. The molecule has 3 aromatic rings. The average Bonchev–Trinajstić information content (AvgIpc) is 3.79. The Labute approximate surface area is 258 Å². The monoisotopic (exact) mass is 593 g/mol. The molecule has 0 N–H and O–H groups in total. The van der Waals surface area contributed by atoms with Crippen LogP contribution in [0, 0.1) is 5.92 Å². The molecule has 4 rings (SSSR count). The van der Waals surface area contributed by atoms with Gasteiger partial charge in [-0.25, -0.2) is 4.79 Å². The Kier molecular flexibility index (Phi) is 16.1. The van der Waals surface area contributed by atoms with Gasteiger partial charge < -0.3 is 28.3 Å². The molecular weight excluding hydrogens is 542 g/mol. The van der Waals surface area contributed by atoms with E-state index in [1.807, 2.05) is 87.7 Å². The molecule has 43 heavy (non-hydrogen) atoms. The molecule has 2 aromatic carbocycles. The Hall–Kier alpha value is -3.71. The van der Waals surface area contributed by atoms with Crippen LogP contribution in [0.3, 0.4) is 0 Å². The first-order chi connectivity index (χ1) is 20.9. The van der Waals surface area contributed by atoms with Gasteiger partial charge in [0, 0.05) is 29.6 Å². The summed E-state index contributed by atoms with van der Waals surface area (Å²) in [6, 6.07) is 13.9. The predicted octanol–water partition coefficient (Wildman–Crippen LogP) is 8.85. The summed E-state index contributed by atoms with van der Waals surface area (Å²) in [5.74, 6) is 2.90. The summed E-state index contributed by atoms with van der Waals surface area (Å²) in [6.07, 6.45) is 7.32. The van der Waals surface area contributed by atoms with E-state index < -0.39 is 0 Å². The van der Waals surface area contributed by atoms with Gasteiger partial charge in [0.1, 0.15) is 23.8 Å². The van der Waals surface area contributed by atoms with Crippen LogP contribution >= 0.6 is 0 Å². The molecule has 1 heterocycles. The van der Waals surface area contributed by atoms with Crippen molar-refractivity contribution in [1.29, 1.82) is 0 Å². The summed E-state index contributed by atoms with van der Waals surface area (Å²) in [6.45, 7) is 18.5. The third kappa shape index (κ3) is 11.1. The van der Waals surface area contributed by atoms with Crippen LogP contribution in [0.15, 0.2) is 67.0 Å². The van der Waals surface area contributed by atoms with Crippen LogP contribution in [0.1, 0.15) is 71.3 Å². The maximum absolute atomic E-state index is 13.1. The number of hydrogen-bond acceptors (Lipinski definition) is 6. The van der Waals surface area contributed by atoms with E-state index in [1.54, 1.807) is 13.2 Å². The van der Waals surface area contributed by atoms with Crippen LogP contribution in [0.2, 0.25) is 0 Å². The second-order valence-electron chi connectivity index (χ2n) is 10.0. The summed E-state index contributed by atoms with van der Waals surface area (Å²) < 4.78 is 29.7. The van der Waals surface area contributed by atoms with E-state index in [1.165, 1.54) is 12.8 Å². The molecule has 1 aliphatic rings. The molecule has 1 saturated carbocycles. The number of esters is 1. The van der Waals surface area contributed by atoms with Crippen molar-refractivity contribution >= 4 is 16.9 Å². The number of hydrogen-bond donors (Lipinski definition) is 0. The number of ether oxygens (including phenoxy) is 5. The van der Waals surface area contributed by atoms with Gasteiger partial charge in [-0.1, -0.05) is 25.1 Å². The average molecular weight is 594 g/mol. The van der Waals surface area contributed by atoms with E-state index in [4.69, 9.17) is 23.7 Å². The Bertz CT molecular complexity index is 1300. The van der Waals surface area contributed by atoms with Crippen LogP contribution < -0.4 is 9.47 Å². The molecule has 0 amide bonds. The normalized spacial score (nSPS) is 12.4. The van der Waals surface area contributed by atoms with E-state index in [0.29, 0.717) is 44.6 Å². The Balaban J connectivity index is 0.000000560. The number of nitrogens with zero attached hydrogens (tertiary/aromatic N) is 1. The zero-order valence-corrected chi connectivity index (χ0v) is 27.2. The van der Waals surface area contributed by atoms with Crippen LogP contribution in [-0.4, -0.2) is 50.7 Å². The molecule has 7 heteroatoms. The van der Waals surface area contributed by atoms with Gasteiger partial charge in [0.25, 0.3) is 0 Å². The highest BCUT2D eigenvalue weighted by atomic mass is 16.5. The number of aryl methyl sites for hydroxylation is 1. The number of methoxy groups -OCH3 is 1. The molecule has 0 unspecified atom stereocenters. The summed E-state index contributed by atoms with van der Waals surface area (Å²) in [4.78, 5) is 13.1. The topological polar surface area (TPSA) is 68.2 Å². The van der Waals surface area contributed by atoms with E-state index in [0.717, 1.165) is 52.3 Å². The minimum atomic E-state index is -0.325. The van der Waals surface area contributed by atoms with Crippen LogP contribution in [0.5, 0.6) is 11.5 Å². The van der Waals surface area contributed by atoms with Crippen LogP contribution in [0.4, 0.5) is 0 Å².